The molecule has 1 N–H and O–H groups in total. The Bertz CT molecular complexity index is 1600. The molecule has 38 heavy (non-hydrogen) atoms. The summed E-state index contributed by atoms with van der Waals surface area (Å²) in [5.74, 6) is -1.46. The van der Waals surface area contributed by atoms with Crippen LogP contribution in [0.2, 0.25) is 15.1 Å². The van der Waals surface area contributed by atoms with E-state index >= 15 is 0 Å². The SMILES string of the molecule is Cc1nc2ccccc2c(-c2ccc(Cl)cc2)c1C1=NN(C(=O)CCC(=O)O)C(c2ccc(Cl)cc2Cl)C1. The summed E-state index contributed by atoms with van der Waals surface area (Å²) in [5.41, 5.74) is 5.62. The number of amides is 1. The van der Waals surface area contributed by atoms with E-state index in [-0.39, 0.29) is 12.8 Å². The first kappa shape index (κ1) is 26.2. The summed E-state index contributed by atoms with van der Waals surface area (Å²) < 4.78 is 0. The van der Waals surface area contributed by atoms with Crippen molar-refractivity contribution >= 4 is 63.3 Å². The standard InChI is InChI=1S/C29H22Cl3N3O3/c1-16-28(29(17-6-8-18(30)9-7-17)21-4-2-3-5-23(21)33-16)24-15-25(20-11-10-19(31)14-22(20)32)35(34-24)26(36)12-13-27(37)38/h2-11,14,25H,12-13,15H2,1H3,(H,37,38). The van der Waals surface area contributed by atoms with Crippen LogP contribution in [0, 0.1) is 6.92 Å². The number of halogens is 3. The first-order valence-corrected chi connectivity index (χ1v) is 13.1. The molecule has 192 valence electrons. The predicted molar refractivity (Wildman–Crippen MR) is 151 cm³/mol. The van der Waals surface area contributed by atoms with Crippen molar-refractivity contribution in [3.05, 3.63) is 98.6 Å². The number of aliphatic carboxylic acids is 1. The molecule has 4 aromatic rings. The average Bonchev–Trinajstić information content (AvgIpc) is 3.31. The molecule has 1 unspecified atom stereocenters. The fraction of sp³-hybridized carbons (Fsp3) is 0.172. The lowest BCUT2D eigenvalue weighted by atomic mass is 9.89. The summed E-state index contributed by atoms with van der Waals surface area (Å²) >= 11 is 18.9. The molecule has 1 aliphatic heterocycles. The molecule has 5 rings (SSSR count). The first-order chi connectivity index (χ1) is 18.2. The summed E-state index contributed by atoms with van der Waals surface area (Å²) in [6.07, 6.45) is -0.123. The molecule has 1 amide bonds. The molecule has 9 heteroatoms. The third kappa shape index (κ3) is 5.12. The largest absolute Gasteiger partial charge is 0.481 e. The van der Waals surface area contributed by atoms with E-state index in [9.17, 15) is 9.59 Å². The smallest absolute Gasteiger partial charge is 0.303 e. The number of hydrogen-bond donors (Lipinski definition) is 1. The second kappa shape index (κ2) is 10.7. The van der Waals surface area contributed by atoms with Crippen molar-refractivity contribution in [1.82, 2.24) is 9.99 Å². The van der Waals surface area contributed by atoms with E-state index in [1.807, 2.05) is 55.5 Å². The highest BCUT2D eigenvalue weighted by molar-refractivity contribution is 6.35. The Morgan fingerprint density at radius 2 is 1.66 bits per heavy atom. The molecule has 0 radical (unpaired) electrons. The Kier molecular flexibility index (Phi) is 7.39. The van der Waals surface area contributed by atoms with Gasteiger partial charge in [-0.1, -0.05) is 71.2 Å². The van der Waals surface area contributed by atoms with Crippen molar-refractivity contribution in [3.63, 3.8) is 0 Å². The van der Waals surface area contributed by atoms with E-state index in [0.29, 0.717) is 32.8 Å². The van der Waals surface area contributed by atoms with Gasteiger partial charge >= 0.3 is 5.97 Å². The number of carbonyl (C=O) groups excluding carboxylic acids is 1. The fourth-order valence-electron chi connectivity index (χ4n) is 4.84. The second-order valence-corrected chi connectivity index (χ2v) is 10.3. The van der Waals surface area contributed by atoms with Gasteiger partial charge in [0, 0.05) is 50.1 Å². The molecule has 0 fully saturated rings. The van der Waals surface area contributed by atoms with Gasteiger partial charge in [-0.3, -0.25) is 14.6 Å². The van der Waals surface area contributed by atoms with Crippen LogP contribution in [0.4, 0.5) is 0 Å². The average molecular weight is 567 g/mol. The Labute approximate surface area is 234 Å². The molecular weight excluding hydrogens is 545 g/mol. The first-order valence-electron chi connectivity index (χ1n) is 11.9. The molecule has 0 spiro atoms. The van der Waals surface area contributed by atoms with Crippen LogP contribution in [0.3, 0.4) is 0 Å². The molecule has 1 atom stereocenters. The van der Waals surface area contributed by atoms with Crippen LogP contribution in [0.5, 0.6) is 0 Å². The van der Waals surface area contributed by atoms with E-state index in [1.54, 1.807) is 18.2 Å². The van der Waals surface area contributed by atoms with Crippen molar-refractivity contribution in [2.75, 3.05) is 0 Å². The lowest BCUT2D eigenvalue weighted by molar-refractivity contribution is -0.141. The van der Waals surface area contributed by atoms with Gasteiger partial charge in [-0.05, 0) is 48.4 Å². The number of aryl methyl sites for hydroxylation is 1. The fourth-order valence-corrected chi connectivity index (χ4v) is 5.50. The molecule has 1 aliphatic rings. The number of carboxylic acid groups (broad SMARTS) is 1. The molecule has 2 heterocycles. The van der Waals surface area contributed by atoms with Gasteiger partial charge in [-0.15, -0.1) is 0 Å². The van der Waals surface area contributed by atoms with Crippen LogP contribution in [-0.2, 0) is 9.59 Å². The van der Waals surface area contributed by atoms with Gasteiger partial charge in [-0.25, -0.2) is 5.01 Å². The minimum absolute atomic E-state index is 0.188. The van der Waals surface area contributed by atoms with Crippen LogP contribution < -0.4 is 0 Å². The summed E-state index contributed by atoms with van der Waals surface area (Å²) in [6.45, 7) is 1.92. The number of para-hydroxylation sites is 1. The van der Waals surface area contributed by atoms with Crippen LogP contribution in [0.15, 0.2) is 71.8 Å². The van der Waals surface area contributed by atoms with Crippen LogP contribution >= 0.6 is 34.8 Å². The summed E-state index contributed by atoms with van der Waals surface area (Å²) in [6, 6.07) is 20.0. The van der Waals surface area contributed by atoms with Gasteiger partial charge in [0.15, 0.2) is 0 Å². The Morgan fingerprint density at radius 3 is 2.37 bits per heavy atom. The number of pyridine rings is 1. The van der Waals surface area contributed by atoms with Crippen LogP contribution in [0.25, 0.3) is 22.0 Å². The highest BCUT2D eigenvalue weighted by Gasteiger charge is 2.36. The molecule has 0 bridgehead atoms. The Balaban J connectivity index is 1.69. The number of carboxylic acids is 1. The zero-order valence-corrected chi connectivity index (χ0v) is 22.6. The Hall–Kier alpha value is -3.45. The molecule has 1 aromatic heterocycles. The number of hydrogen-bond acceptors (Lipinski definition) is 4. The number of rotatable bonds is 6. The molecule has 0 saturated carbocycles. The number of benzene rings is 3. The van der Waals surface area contributed by atoms with E-state index in [2.05, 4.69) is 0 Å². The van der Waals surface area contributed by atoms with Crippen molar-refractivity contribution in [1.29, 1.82) is 0 Å². The number of nitrogens with zero attached hydrogens (tertiary/aromatic N) is 3. The van der Waals surface area contributed by atoms with Gasteiger partial charge in [0.05, 0.1) is 23.7 Å². The highest BCUT2D eigenvalue weighted by atomic mass is 35.5. The number of hydrazone groups is 1. The second-order valence-electron chi connectivity index (χ2n) is 9.04. The van der Waals surface area contributed by atoms with Gasteiger partial charge < -0.3 is 5.11 Å². The summed E-state index contributed by atoms with van der Waals surface area (Å²) in [4.78, 5) is 29.3. The monoisotopic (exact) mass is 565 g/mol. The minimum Gasteiger partial charge on any atom is -0.481 e. The van der Waals surface area contributed by atoms with Gasteiger partial charge in [-0.2, -0.15) is 5.10 Å². The van der Waals surface area contributed by atoms with E-state index in [4.69, 9.17) is 50.0 Å². The quantitative estimate of drug-likeness (QED) is 0.259. The maximum absolute atomic E-state index is 13.2. The zero-order valence-electron chi connectivity index (χ0n) is 20.3. The van der Waals surface area contributed by atoms with Crippen LogP contribution in [0.1, 0.15) is 42.1 Å². The molecule has 6 nitrogen and oxygen atoms in total. The third-order valence-electron chi connectivity index (χ3n) is 6.53. The lowest BCUT2D eigenvalue weighted by Gasteiger charge is -2.23. The highest BCUT2D eigenvalue weighted by Crippen LogP contribution is 2.41. The van der Waals surface area contributed by atoms with E-state index in [0.717, 1.165) is 33.3 Å². The van der Waals surface area contributed by atoms with Crippen molar-refractivity contribution in [3.8, 4) is 11.1 Å². The molecule has 0 aliphatic carbocycles. The lowest BCUT2D eigenvalue weighted by Crippen LogP contribution is -2.27. The van der Waals surface area contributed by atoms with Crippen molar-refractivity contribution in [2.24, 2.45) is 5.10 Å². The zero-order chi connectivity index (χ0) is 27.0. The summed E-state index contributed by atoms with van der Waals surface area (Å²) in [5, 5.41) is 17.7. The van der Waals surface area contributed by atoms with Crippen molar-refractivity contribution in [2.45, 2.75) is 32.2 Å². The maximum Gasteiger partial charge on any atom is 0.303 e. The number of aromatic nitrogens is 1. The Morgan fingerprint density at radius 1 is 0.947 bits per heavy atom. The minimum atomic E-state index is -1.05. The van der Waals surface area contributed by atoms with Gasteiger partial charge in [0.1, 0.15) is 0 Å². The molecule has 3 aromatic carbocycles. The van der Waals surface area contributed by atoms with Crippen LogP contribution in [-0.4, -0.2) is 32.7 Å². The third-order valence-corrected chi connectivity index (χ3v) is 7.35. The van der Waals surface area contributed by atoms with Crippen molar-refractivity contribution < 1.29 is 14.7 Å². The summed E-state index contributed by atoms with van der Waals surface area (Å²) in [7, 11) is 0. The number of carbonyl (C=O) groups is 2. The van der Waals surface area contributed by atoms with Gasteiger partial charge in [0.2, 0.25) is 5.91 Å². The van der Waals surface area contributed by atoms with E-state index < -0.39 is 17.9 Å². The topological polar surface area (TPSA) is 82.9 Å². The maximum atomic E-state index is 13.2. The van der Waals surface area contributed by atoms with E-state index in [1.165, 1.54) is 5.01 Å². The predicted octanol–water partition coefficient (Wildman–Crippen LogP) is 7.71. The molecule has 0 saturated heterocycles. The molecular formula is C29H22Cl3N3O3. The van der Waals surface area contributed by atoms with Gasteiger partial charge in [0.25, 0.3) is 0 Å². The number of fused-ring (bicyclic) bond motifs is 1. The normalized spacial score (nSPS) is 15.1.